The highest BCUT2D eigenvalue weighted by Gasteiger charge is 2.24. The highest BCUT2D eigenvalue weighted by Crippen LogP contribution is 2.41. The van der Waals surface area contributed by atoms with Gasteiger partial charge in [0, 0.05) is 43.7 Å². The Morgan fingerprint density at radius 1 is 0.905 bits per heavy atom. The molecule has 0 radical (unpaired) electrons. The minimum absolute atomic E-state index is 0.194. The summed E-state index contributed by atoms with van der Waals surface area (Å²) in [7, 11) is 0. The second-order valence-electron chi connectivity index (χ2n) is 4.78. The van der Waals surface area contributed by atoms with E-state index in [2.05, 4.69) is 21.5 Å². The quantitative estimate of drug-likeness (QED) is 0.214. The molecule has 0 bridgehead atoms. The van der Waals surface area contributed by atoms with Crippen LogP contribution >= 0.6 is 0 Å². The van der Waals surface area contributed by atoms with Crippen molar-refractivity contribution in [2.45, 2.75) is 19.3 Å². The summed E-state index contributed by atoms with van der Waals surface area (Å²) in [6, 6.07) is 3.94. The van der Waals surface area contributed by atoms with Gasteiger partial charge in [-0.05, 0) is 23.3 Å². The number of hydrogen-bond donors (Lipinski definition) is 6. The van der Waals surface area contributed by atoms with Crippen molar-refractivity contribution in [3.05, 3.63) is 23.3 Å². The highest BCUT2D eigenvalue weighted by atomic mass is 16.2. The van der Waals surface area contributed by atoms with E-state index in [0.29, 0.717) is 25.9 Å². The fourth-order valence-corrected chi connectivity index (χ4v) is 2.11. The van der Waals surface area contributed by atoms with E-state index in [0.717, 1.165) is 17.8 Å². The lowest BCUT2D eigenvalue weighted by atomic mass is 10.2. The van der Waals surface area contributed by atoms with Gasteiger partial charge in [0.15, 0.2) is 0 Å². The Balaban J connectivity index is 1.81. The Morgan fingerprint density at radius 2 is 1.33 bits per heavy atom. The molecule has 2 amide bonds. The van der Waals surface area contributed by atoms with Crippen molar-refractivity contribution < 1.29 is 9.59 Å². The maximum Gasteiger partial charge on any atom is 0.235 e. The molecule has 0 atom stereocenters. The van der Waals surface area contributed by atoms with Gasteiger partial charge in [-0.15, -0.1) is 0 Å². The molecule has 2 rings (SSSR count). The van der Waals surface area contributed by atoms with E-state index in [1.165, 1.54) is 11.1 Å². The van der Waals surface area contributed by atoms with Crippen LogP contribution < -0.4 is 33.2 Å². The summed E-state index contributed by atoms with van der Waals surface area (Å²) >= 11 is 0. The van der Waals surface area contributed by atoms with Crippen LogP contribution in [0.5, 0.6) is 0 Å². The first-order valence-electron chi connectivity index (χ1n) is 6.77. The molecule has 1 aromatic rings. The molecule has 0 saturated carbocycles. The zero-order valence-corrected chi connectivity index (χ0v) is 11.7. The predicted molar refractivity (Wildman–Crippen MR) is 80.1 cm³/mol. The second kappa shape index (κ2) is 6.91. The van der Waals surface area contributed by atoms with E-state index < -0.39 is 0 Å². The third-order valence-electron chi connectivity index (χ3n) is 3.32. The van der Waals surface area contributed by atoms with Gasteiger partial charge in [0.2, 0.25) is 11.8 Å². The van der Waals surface area contributed by atoms with Crippen molar-refractivity contribution in [3.63, 3.8) is 0 Å². The number of amides is 2. The van der Waals surface area contributed by atoms with Crippen molar-refractivity contribution in [3.8, 4) is 0 Å². The Hall–Kier alpha value is -2.32. The smallest absolute Gasteiger partial charge is 0.235 e. The summed E-state index contributed by atoms with van der Waals surface area (Å²) in [5.74, 6) is 9.65. The Kier molecular flexibility index (Phi) is 4.96. The largest absolute Gasteiger partial charge is 0.384 e. The highest BCUT2D eigenvalue weighted by molar-refractivity contribution is 5.78. The minimum atomic E-state index is -0.194. The molecule has 1 aliphatic carbocycles. The molecule has 8 N–H and O–H groups in total. The molecule has 21 heavy (non-hydrogen) atoms. The zero-order chi connectivity index (χ0) is 15.2. The molecule has 0 saturated heterocycles. The molecule has 0 spiro atoms. The lowest BCUT2D eigenvalue weighted by Gasteiger charge is -2.08. The van der Waals surface area contributed by atoms with E-state index in [1.54, 1.807) is 0 Å². The van der Waals surface area contributed by atoms with Crippen LogP contribution in [0, 0.1) is 0 Å². The Bertz CT molecular complexity index is 499. The van der Waals surface area contributed by atoms with Crippen LogP contribution in [0.2, 0.25) is 0 Å². The number of nitrogens with one attached hydrogen (secondary N) is 4. The number of benzene rings is 1. The average Bonchev–Trinajstić information content (AvgIpc) is 3.29. The van der Waals surface area contributed by atoms with Crippen LogP contribution in [0.15, 0.2) is 12.1 Å². The van der Waals surface area contributed by atoms with Gasteiger partial charge in [-0.2, -0.15) is 0 Å². The number of carbonyl (C=O) groups excluding carboxylic acids is 2. The van der Waals surface area contributed by atoms with E-state index >= 15 is 0 Å². The predicted octanol–water partition coefficient (Wildman–Crippen LogP) is -0.825. The van der Waals surface area contributed by atoms with Crippen LogP contribution in [0.25, 0.3) is 0 Å². The summed E-state index contributed by atoms with van der Waals surface area (Å²) in [6.45, 7) is 1.08. The first-order valence-corrected chi connectivity index (χ1v) is 6.77. The van der Waals surface area contributed by atoms with Crippen molar-refractivity contribution in [2.24, 2.45) is 11.7 Å². The third kappa shape index (κ3) is 4.07. The van der Waals surface area contributed by atoms with Crippen molar-refractivity contribution in [1.82, 2.24) is 10.9 Å². The standard InChI is InChI=1S/C13H20N6O2/c14-18-12(20)3-5-16-10-1-2-11(9-7-8(9)10)17-6-4-13(21)19-15/h1-2,16-17H,3-7,14-15H2,(H,18,20)(H,19,21). The van der Waals surface area contributed by atoms with E-state index in [1.807, 2.05) is 12.1 Å². The van der Waals surface area contributed by atoms with Crippen LogP contribution in [-0.4, -0.2) is 24.9 Å². The maximum atomic E-state index is 11.0. The van der Waals surface area contributed by atoms with Gasteiger partial charge in [-0.25, -0.2) is 11.7 Å². The summed E-state index contributed by atoms with van der Waals surface area (Å²) < 4.78 is 0. The van der Waals surface area contributed by atoms with Crippen molar-refractivity contribution >= 4 is 23.2 Å². The lowest BCUT2D eigenvalue weighted by molar-refractivity contribution is -0.121. The van der Waals surface area contributed by atoms with Gasteiger partial charge < -0.3 is 10.6 Å². The van der Waals surface area contributed by atoms with E-state index in [4.69, 9.17) is 11.7 Å². The number of anilines is 2. The van der Waals surface area contributed by atoms with E-state index in [-0.39, 0.29) is 11.8 Å². The SMILES string of the molecule is NNC(=O)CCNc1ccc(NCCC(=O)NN)c2c1C2. The van der Waals surface area contributed by atoms with Crippen LogP contribution in [0.4, 0.5) is 11.4 Å². The number of fused-ring (bicyclic) bond motifs is 1. The van der Waals surface area contributed by atoms with Gasteiger partial charge in [0.1, 0.15) is 0 Å². The molecule has 0 aromatic heterocycles. The Morgan fingerprint density at radius 3 is 1.71 bits per heavy atom. The molecule has 0 heterocycles. The first kappa shape index (κ1) is 15.1. The second-order valence-corrected chi connectivity index (χ2v) is 4.78. The molecule has 8 nitrogen and oxygen atoms in total. The molecule has 0 fully saturated rings. The topological polar surface area (TPSA) is 134 Å². The van der Waals surface area contributed by atoms with Gasteiger partial charge in [0.05, 0.1) is 0 Å². The third-order valence-corrected chi connectivity index (χ3v) is 3.32. The molecular formula is C13H20N6O2. The van der Waals surface area contributed by atoms with Crippen LogP contribution in [-0.2, 0) is 16.0 Å². The number of nitrogens with two attached hydrogens (primary N) is 2. The minimum Gasteiger partial charge on any atom is -0.384 e. The first-order chi connectivity index (χ1) is 10.2. The fraction of sp³-hybridized carbons (Fsp3) is 0.385. The fourth-order valence-electron chi connectivity index (χ4n) is 2.11. The number of hydrogen-bond acceptors (Lipinski definition) is 6. The monoisotopic (exact) mass is 292 g/mol. The molecule has 1 aromatic carbocycles. The summed E-state index contributed by atoms with van der Waals surface area (Å²) in [5.41, 5.74) is 8.77. The number of rotatable bonds is 8. The molecule has 1 aliphatic rings. The summed E-state index contributed by atoms with van der Waals surface area (Å²) in [4.78, 5) is 22.0. The van der Waals surface area contributed by atoms with Crippen molar-refractivity contribution in [2.75, 3.05) is 23.7 Å². The number of carbonyl (C=O) groups is 2. The van der Waals surface area contributed by atoms with Crippen LogP contribution in [0.1, 0.15) is 24.0 Å². The van der Waals surface area contributed by atoms with Crippen molar-refractivity contribution in [1.29, 1.82) is 0 Å². The van der Waals surface area contributed by atoms with E-state index in [9.17, 15) is 9.59 Å². The molecule has 8 heteroatoms. The molecular weight excluding hydrogens is 272 g/mol. The Labute approximate surface area is 122 Å². The summed E-state index contributed by atoms with van der Waals surface area (Å²) in [6.07, 6.45) is 1.59. The van der Waals surface area contributed by atoms with Gasteiger partial charge in [0.25, 0.3) is 0 Å². The normalized spacial score (nSPS) is 11.3. The zero-order valence-electron chi connectivity index (χ0n) is 11.7. The van der Waals surface area contributed by atoms with Crippen LogP contribution in [0.3, 0.4) is 0 Å². The van der Waals surface area contributed by atoms with Gasteiger partial charge in [-0.1, -0.05) is 0 Å². The molecule has 0 aliphatic heterocycles. The van der Waals surface area contributed by atoms with Gasteiger partial charge >= 0.3 is 0 Å². The molecule has 0 unspecified atom stereocenters. The maximum absolute atomic E-state index is 11.0. The summed E-state index contributed by atoms with van der Waals surface area (Å²) in [5, 5.41) is 6.43. The molecule has 114 valence electrons. The lowest BCUT2D eigenvalue weighted by Crippen LogP contribution is -2.31. The average molecular weight is 292 g/mol. The number of hydrazine groups is 2. The van der Waals surface area contributed by atoms with Gasteiger partial charge in [-0.3, -0.25) is 20.4 Å².